The molecule has 0 amide bonds. The lowest BCUT2D eigenvalue weighted by Crippen LogP contribution is -2.05. The summed E-state index contributed by atoms with van der Waals surface area (Å²) in [7, 11) is -2.94. The number of carboxylic acids is 1. The summed E-state index contributed by atoms with van der Waals surface area (Å²) in [6.45, 7) is 1.73. The molecule has 0 aromatic heterocycles. The summed E-state index contributed by atoms with van der Waals surface area (Å²) >= 11 is 1.41. The lowest BCUT2D eigenvalue weighted by Gasteiger charge is -2.04. The van der Waals surface area contributed by atoms with Gasteiger partial charge in [-0.2, -0.15) is 0 Å². The molecule has 1 aromatic rings. The maximum absolute atomic E-state index is 10.9. The molecule has 1 aromatic carbocycles. The van der Waals surface area contributed by atoms with E-state index in [0.717, 1.165) is 4.90 Å². The fraction of sp³-hybridized carbons (Fsp3) is 0.364. The predicted octanol–water partition coefficient (Wildman–Crippen LogP) is 1.83. The molecular weight excluding hydrogens is 260 g/mol. The van der Waals surface area contributed by atoms with E-state index < -0.39 is 15.8 Å². The van der Waals surface area contributed by atoms with Gasteiger partial charge >= 0.3 is 5.97 Å². The van der Waals surface area contributed by atoms with Crippen LogP contribution in [0.4, 0.5) is 0 Å². The SMILES string of the molecule is Cc1cc(SCCS(C)(=O)=O)ccc1C(=O)O. The van der Waals surface area contributed by atoms with E-state index in [2.05, 4.69) is 0 Å². The molecule has 17 heavy (non-hydrogen) atoms. The van der Waals surface area contributed by atoms with Crippen LogP contribution in [0.2, 0.25) is 0 Å². The first kappa shape index (κ1) is 14.1. The van der Waals surface area contributed by atoms with Gasteiger partial charge in [-0.05, 0) is 30.7 Å². The number of rotatable bonds is 5. The summed E-state index contributed by atoms with van der Waals surface area (Å²) in [4.78, 5) is 11.7. The Balaban J connectivity index is 2.68. The molecule has 0 saturated heterocycles. The molecule has 0 unspecified atom stereocenters. The summed E-state index contributed by atoms with van der Waals surface area (Å²) < 4.78 is 21.9. The van der Waals surface area contributed by atoms with E-state index >= 15 is 0 Å². The molecule has 0 fully saturated rings. The van der Waals surface area contributed by atoms with Crippen molar-refractivity contribution >= 4 is 27.6 Å². The van der Waals surface area contributed by atoms with Gasteiger partial charge in [-0.15, -0.1) is 11.8 Å². The third kappa shape index (κ3) is 4.79. The minimum Gasteiger partial charge on any atom is -0.478 e. The van der Waals surface area contributed by atoms with Crippen molar-refractivity contribution in [1.29, 1.82) is 0 Å². The standard InChI is InChI=1S/C11H14O4S2/c1-8-7-9(3-4-10(8)11(12)13)16-5-6-17(2,14)15/h3-4,7H,5-6H2,1-2H3,(H,12,13). The number of hydrogen-bond acceptors (Lipinski definition) is 4. The van der Waals surface area contributed by atoms with E-state index in [4.69, 9.17) is 5.11 Å². The molecular formula is C11H14O4S2. The quantitative estimate of drug-likeness (QED) is 0.829. The third-order valence-electron chi connectivity index (χ3n) is 2.15. The summed E-state index contributed by atoms with van der Waals surface area (Å²) in [5, 5.41) is 8.85. The van der Waals surface area contributed by atoms with Gasteiger partial charge in [0, 0.05) is 16.9 Å². The van der Waals surface area contributed by atoms with Crippen LogP contribution in [-0.4, -0.2) is 37.3 Å². The highest BCUT2D eigenvalue weighted by Gasteiger charge is 2.08. The first-order valence-corrected chi connectivity index (χ1v) is 7.98. The summed E-state index contributed by atoms with van der Waals surface area (Å²) in [5.74, 6) is -0.350. The van der Waals surface area contributed by atoms with Crippen LogP contribution in [0, 0.1) is 6.92 Å². The second-order valence-electron chi connectivity index (χ2n) is 3.76. The minimum atomic E-state index is -2.94. The zero-order chi connectivity index (χ0) is 13.1. The maximum atomic E-state index is 10.9. The molecule has 0 spiro atoms. The second-order valence-corrected chi connectivity index (χ2v) is 7.19. The Morgan fingerprint density at radius 3 is 2.53 bits per heavy atom. The molecule has 0 radical (unpaired) electrons. The topological polar surface area (TPSA) is 71.4 Å². The van der Waals surface area contributed by atoms with Crippen molar-refractivity contribution in [3.63, 3.8) is 0 Å². The van der Waals surface area contributed by atoms with Crippen molar-refractivity contribution < 1.29 is 18.3 Å². The average Bonchev–Trinajstić information content (AvgIpc) is 2.15. The van der Waals surface area contributed by atoms with E-state index in [1.807, 2.05) is 0 Å². The lowest BCUT2D eigenvalue weighted by atomic mass is 10.1. The molecule has 0 aliphatic carbocycles. The third-order valence-corrected chi connectivity index (χ3v) is 4.35. The maximum Gasteiger partial charge on any atom is 0.335 e. The minimum absolute atomic E-state index is 0.122. The molecule has 1 N–H and O–H groups in total. The van der Waals surface area contributed by atoms with Crippen molar-refractivity contribution in [1.82, 2.24) is 0 Å². The van der Waals surface area contributed by atoms with E-state index in [1.54, 1.807) is 25.1 Å². The summed E-state index contributed by atoms with van der Waals surface area (Å²) in [5.41, 5.74) is 0.958. The van der Waals surface area contributed by atoms with Crippen molar-refractivity contribution in [3.8, 4) is 0 Å². The van der Waals surface area contributed by atoms with Gasteiger partial charge < -0.3 is 5.11 Å². The zero-order valence-corrected chi connectivity index (χ0v) is 11.3. The second kappa shape index (κ2) is 5.55. The van der Waals surface area contributed by atoms with Crippen LogP contribution < -0.4 is 0 Å². The van der Waals surface area contributed by atoms with Crippen molar-refractivity contribution in [2.24, 2.45) is 0 Å². The number of carboxylic acid groups (broad SMARTS) is 1. The molecule has 0 bridgehead atoms. The van der Waals surface area contributed by atoms with Crippen molar-refractivity contribution in [2.75, 3.05) is 17.8 Å². The molecule has 1 rings (SSSR count). The Kier molecular flexibility index (Phi) is 4.59. The first-order valence-electron chi connectivity index (χ1n) is 4.94. The van der Waals surface area contributed by atoms with Gasteiger partial charge in [-0.1, -0.05) is 0 Å². The fourth-order valence-corrected chi connectivity index (χ4v) is 3.48. The number of thioether (sulfide) groups is 1. The average molecular weight is 274 g/mol. The first-order chi connectivity index (χ1) is 7.79. The van der Waals surface area contributed by atoms with Gasteiger partial charge in [0.15, 0.2) is 0 Å². The molecule has 0 aliphatic rings. The molecule has 0 atom stereocenters. The Morgan fingerprint density at radius 1 is 1.41 bits per heavy atom. The van der Waals surface area contributed by atoms with Gasteiger partial charge in [0.05, 0.1) is 11.3 Å². The van der Waals surface area contributed by atoms with Gasteiger partial charge in [-0.3, -0.25) is 0 Å². The summed E-state index contributed by atoms with van der Waals surface area (Å²) in [6, 6.07) is 5.00. The van der Waals surface area contributed by atoms with E-state index in [1.165, 1.54) is 18.0 Å². The van der Waals surface area contributed by atoms with Crippen LogP contribution >= 0.6 is 11.8 Å². The highest BCUT2D eigenvalue weighted by atomic mass is 32.2. The Bertz CT molecular complexity index is 520. The van der Waals surface area contributed by atoms with Crippen LogP contribution in [0.3, 0.4) is 0 Å². The van der Waals surface area contributed by atoms with Gasteiger partial charge in [-0.25, -0.2) is 13.2 Å². The Morgan fingerprint density at radius 2 is 2.06 bits per heavy atom. The molecule has 94 valence electrons. The largest absolute Gasteiger partial charge is 0.478 e. The van der Waals surface area contributed by atoms with Crippen LogP contribution in [-0.2, 0) is 9.84 Å². The van der Waals surface area contributed by atoms with E-state index in [0.29, 0.717) is 11.3 Å². The van der Waals surface area contributed by atoms with Crippen LogP contribution in [0.15, 0.2) is 23.1 Å². The number of aromatic carboxylic acids is 1. The van der Waals surface area contributed by atoms with Crippen molar-refractivity contribution in [3.05, 3.63) is 29.3 Å². The monoisotopic (exact) mass is 274 g/mol. The van der Waals surface area contributed by atoms with Crippen molar-refractivity contribution in [2.45, 2.75) is 11.8 Å². The number of sulfone groups is 1. The van der Waals surface area contributed by atoms with E-state index in [9.17, 15) is 13.2 Å². The zero-order valence-electron chi connectivity index (χ0n) is 9.63. The fourth-order valence-electron chi connectivity index (χ4n) is 1.28. The molecule has 4 nitrogen and oxygen atoms in total. The smallest absolute Gasteiger partial charge is 0.335 e. The molecule has 0 heterocycles. The van der Waals surface area contributed by atoms with Crippen LogP contribution in [0.5, 0.6) is 0 Å². The number of benzene rings is 1. The molecule has 0 aliphatic heterocycles. The van der Waals surface area contributed by atoms with Gasteiger partial charge in [0.1, 0.15) is 9.84 Å². The normalized spacial score (nSPS) is 11.4. The molecule has 6 heteroatoms. The molecule has 0 saturated carbocycles. The summed E-state index contributed by atoms with van der Waals surface area (Å²) in [6.07, 6.45) is 1.20. The van der Waals surface area contributed by atoms with Crippen LogP contribution in [0.1, 0.15) is 15.9 Å². The highest BCUT2D eigenvalue weighted by Crippen LogP contribution is 2.21. The number of hydrogen-bond donors (Lipinski definition) is 1. The highest BCUT2D eigenvalue weighted by molar-refractivity contribution is 8.00. The lowest BCUT2D eigenvalue weighted by molar-refractivity contribution is 0.0696. The number of carbonyl (C=O) groups is 1. The van der Waals surface area contributed by atoms with E-state index in [-0.39, 0.29) is 11.3 Å². The van der Waals surface area contributed by atoms with Gasteiger partial charge in [0.2, 0.25) is 0 Å². The van der Waals surface area contributed by atoms with Gasteiger partial charge in [0.25, 0.3) is 0 Å². The predicted molar refractivity (Wildman–Crippen MR) is 68.6 cm³/mol. The van der Waals surface area contributed by atoms with Crippen LogP contribution in [0.25, 0.3) is 0 Å². The Labute approximate surface area is 105 Å². The number of aryl methyl sites for hydroxylation is 1. The Hall–Kier alpha value is -1.01.